The molecule has 38 heteroatoms. The van der Waals surface area contributed by atoms with Crippen molar-refractivity contribution < 1.29 is 168 Å². The van der Waals surface area contributed by atoms with Crippen LogP contribution in [0.2, 0.25) is 0 Å². The highest BCUT2D eigenvalue weighted by Gasteiger charge is 3.05. The largest absolute Gasteiger partial charge is 0.537 e. The third-order valence-electron chi connectivity index (χ3n) is 7.81. The van der Waals surface area contributed by atoms with Gasteiger partial charge in [-0.3, -0.25) is 0 Å². The zero-order valence-corrected chi connectivity index (χ0v) is 25.9. The molecule has 0 spiro atoms. The lowest BCUT2D eigenvalue weighted by molar-refractivity contribution is -1.28. The third-order valence-corrected chi connectivity index (χ3v) is 7.81. The second-order valence-corrected chi connectivity index (χ2v) is 11.4. The van der Waals surface area contributed by atoms with Crippen LogP contribution in [0.1, 0.15) is 12.5 Å². The highest BCUT2D eigenvalue weighted by atomic mass is 19.5. The monoisotopic (exact) mass is 984 g/mol. The molecule has 1 rings (SSSR count). The van der Waals surface area contributed by atoms with E-state index in [1.807, 2.05) is 0 Å². The first-order valence-electron chi connectivity index (χ1n) is 12.9. The molecule has 0 aliphatic rings. The van der Waals surface area contributed by atoms with Crippen molar-refractivity contribution in [3.05, 3.63) is 34.6 Å². The van der Waals surface area contributed by atoms with Crippen LogP contribution >= 0.6 is 0 Å². The maximum absolute atomic E-state index is 15.9. The summed E-state index contributed by atoms with van der Waals surface area (Å²) in [6.07, 6.45) is -26.9. The third kappa shape index (κ3) is 6.00. The SMILES string of the molecule is CC(F)(C(F)(F)C(F)(c1c(F)c(F)c(F)c(F)c1F)C(F)(F)C(F)(F)C(F)(F)C(F)(F)F)C(F)(F)C(F)(F)[N+](F)(F)C(F)(F)C(F)(C(F)(F)F)C(F)(F)C(F)(F)C(F)(F)F. The van der Waals surface area contributed by atoms with E-state index in [-0.39, 0.29) is 0 Å². The molecule has 0 aliphatic carbocycles. The Morgan fingerprint density at radius 1 is 0.300 bits per heavy atom. The molecule has 0 N–H and O–H groups in total. The van der Waals surface area contributed by atoms with Crippen LogP contribution in [-0.4, -0.2) is 88.3 Å². The Morgan fingerprint density at radius 3 is 0.867 bits per heavy atom. The van der Waals surface area contributed by atoms with Gasteiger partial charge in [-0.05, 0) is 6.92 Å². The molecule has 0 saturated heterocycles. The second kappa shape index (κ2) is 13.5. The number of benzene rings is 1. The summed E-state index contributed by atoms with van der Waals surface area (Å²) in [5.74, 6) is -91.7. The minimum Gasteiger partial charge on any atom is -0.230 e. The van der Waals surface area contributed by atoms with E-state index in [1.54, 1.807) is 0 Å². The molecule has 0 heterocycles. The lowest BCUT2D eigenvalue weighted by Crippen LogP contribution is -2.83. The van der Waals surface area contributed by atoms with Crippen molar-refractivity contribution in [2.75, 3.05) is 0 Å². The van der Waals surface area contributed by atoms with Crippen LogP contribution in [0, 0.1) is 29.1 Å². The highest BCUT2D eigenvalue weighted by molar-refractivity contribution is 5.38. The molecular formula is C22H3F37N+. The van der Waals surface area contributed by atoms with E-state index >= 15 is 17.6 Å². The minimum atomic E-state index is -10.5. The summed E-state index contributed by atoms with van der Waals surface area (Å²) < 4.78 is 515. The number of quaternary nitrogens is 1. The first kappa shape index (κ1) is 54.6. The van der Waals surface area contributed by atoms with Gasteiger partial charge in [0.25, 0.3) is 11.3 Å². The van der Waals surface area contributed by atoms with Crippen LogP contribution in [-0.2, 0) is 5.67 Å². The Balaban J connectivity index is 4.77. The summed E-state index contributed by atoms with van der Waals surface area (Å²) in [5.41, 5.74) is -35.0. The van der Waals surface area contributed by atoms with Crippen molar-refractivity contribution in [3.63, 3.8) is 0 Å². The van der Waals surface area contributed by atoms with Gasteiger partial charge in [-0.1, -0.05) is 0 Å². The maximum Gasteiger partial charge on any atom is 0.537 e. The van der Waals surface area contributed by atoms with Gasteiger partial charge in [0.1, 0.15) is 0 Å². The van der Waals surface area contributed by atoms with Gasteiger partial charge in [0.05, 0.1) is 14.5 Å². The molecule has 0 saturated carbocycles. The molecule has 0 radical (unpaired) electrons. The fourth-order valence-corrected chi connectivity index (χ4v) is 4.29. The minimum absolute atomic E-state index is 3.02. The zero-order valence-electron chi connectivity index (χ0n) is 25.9. The summed E-state index contributed by atoms with van der Waals surface area (Å²) in [6, 6.07) is -20.9. The molecule has 60 heavy (non-hydrogen) atoms. The standard InChI is InChI=1S/C22H3F37N/c1-8(28,12(33,34)22(56,57)60(58,59)21(54,55)10(30,18(45,46)47)14(37,38)16(41,42)19(48,49)50)11(31,32)9(29,2-3(23)5(25)7(27)6(26)4(2)24)13(35,36)15(39,40)17(43,44)20(51,52)53/h1H3/q+1. The van der Waals surface area contributed by atoms with Crippen molar-refractivity contribution in [3.8, 4) is 0 Å². The Kier molecular flexibility index (Phi) is 12.3. The average molecular weight is 984 g/mol. The quantitative estimate of drug-likeness (QED) is 0.0607. The van der Waals surface area contributed by atoms with Gasteiger partial charge < -0.3 is 0 Å². The molecule has 0 aromatic heterocycles. The average Bonchev–Trinajstić information content (AvgIpc) is 3.03. The van der Waals surface area contributed by atoms with E-state index in [9.17, 15) is 145 Å². The van der Waals surface area contributed by atoms with E-state index in [4.69, 9.17) is 0 Å². The first-order chi connectivity index (χ1) is 25.4. The smallest absolute Gasteiger partial charge is 0.230 e. The summed E-state index contributed by atoms with van der Waals surface area (Å²) >= 11 is 0. The van der Waals surface area contributed by atoms with Gasteiger partial charge in [-0.2, -0.15) is 101 Å². The van der Waals surface area contributed by atoms with Crippen LogP contribution in [0.4, 0.5) is 163 Å². The topological polar surface area (TPSA) is 0 Å². The van der Waals surface area contributed by atoms with Crippen molar-refractivity contribution in [2.24, 2.45) is 0 Å². The number of alkyl halides is 30. The van der Waals surface area contributed by atoms with Crippen molar-refractivity contribution in [2.45, 2.75) is 96.0 Å². The summed E-state index contributed by atoms with van der Waals surface area (Å²) in [7, 11) is 0. The predicted octanol–water partition coefficient (Wildman–Crippen LogP) is 12.9. The van der Waals surface area contributed by atoms with E-state index in [0.29, 0.717) is 0 Å². The molecule has 3 atom stereocenters. The van der Waals surface area contributed by atoms with Gasteiger partial charge >= 0.3 is 77.7 Å². The van der Waals surface area contributed by atoms with Crippen LogP contribution < -0.4 is 0 Å². The van der Waals surface area contributed by atoms with E-state index in [2.05, 4.69) is 0 Å². The molecule has 354 valence electrons. The van der Waals surface area contributed by atoms with Crippen LogP contribution in [0.3, 0.4) is 0 Å². The lowest BCUT2D eigenvalue weighted by Gasteiger charge is -2.49. The Labute approximate surface area is 299 Å². The Morgan fingerprint density at radius 2 is 0.583 bits per heavy atom. The van der Waals surface area contributed by atoms with Crippen molar-refractivity contribution in [1.82, 2.24) is 0 Å². The summed E-state index contributed by atoms with van der Waals surface area (Å²) in [4.78, 5) is -9.43. The molecule has 1 nitrogen and oxygen atoms in total. The number of hydrogen-bond acceptors (Lipinski definition) is 0. The Bertz CT molecular complexity index is 1760. The fourth-order valence-electron chi connectivity index (χ4n) is 4.29. The van der Waals surface area contributed by atoms with Gasteiger partial charge in [-0.15, -0.1) is 17.6 Å². The van der Waals surface area contributed by atoms with Gasteiger partial charge in [-0.25, -0.2) is 35.1 Å². The zero-order chi connectivity index (χ0) is 49.5. The number of nitrogens with zero attached hydrogens (tertiary/aromatic N) is 1. The summed E-state index contributed by atoms with van der Waals surface area (Å²) in [6.45, 7) is -3.02. The molecule has 1 aromatic rings. The van der Waals surface area contributed by atoms with Gasteiger partial charge in [0.2, 0.25) is 5.82 Å². The number of halogens is 37. The summed E-state index contributed by atoms with van der Waals surface area (Å²) in [5, 5.41) is 0. The second-order valence-electron chi connectivity index (χ2n) is 11.4. The molecule has 0 aliphatic heterocycles. The molecule has 1 aromatic carbocycles. The van der Waals surface area contributed by atoms with Gasteiger partial charge in [0.15, 0.2) is 28.2 Å². The van der Waals surface area contributed by atoms with Gasteiger partial charge in [0, 0.05) is 0 Å². The highest BCUT2D eigenvalue weighted by Crippen LogP contribution is 2.71. The lowest BCUT2D eigenvalue weighted by atomic mass is 9.71. The van der Waals surface area contributed by atoms with Crippen LogP contribution in [0.15, 0.2) is 0 Å². The van der Waals surface area contributed by atoms with Crippen LogP contribution in [0.5, 0.6) is 0 Å². The fraction of sp³-hybridized carbons (Fsp3) is 0.727. The molecule has 0 amide bonds. The normalized spacial score (nSPS) is 18.9. The molecule has 0 bridgehead atoms. The molecular weight excluding hydrogens is 981 g/mol. The maximum atomic E-state index is 15.9. The van der Waals surface area contributed by atoms with E-state index < -0.39 is 136 Å². The van der Waals surface area contributed by atoms with Crippen LogP contribution in [0.25, 0.3) is 0 Å². The number of rotatable bonds is 13. The molecule has 0 fully saturated rings. The predicted molar refractivity (Wildman–Crippen MR) is 108 cm³/mol. The van der Waals surface area contributed by atoms with E-state index in [0.717, 1.165) is 0 Å². The Hall–Kier alpha value is -3.41. The first-order valence-corrected chi connectivity index (χ1v) is 12.9. The van der Waals surface area contributed by atoms with Crippen molar-refractivity contribution in [1.29, 1.82) is 0 Å². The molecule has 3 unspecified atom stereocenters. The van der Waals surface area contributed by atoms with Crippen molar-refractivity contribution >= 4 is 0 Å². The van der Waals surface area contributed by atoms with E-state index in [1.165, 1.54) is 0 Å². The number of hydrogen-bond donors (Lipinski definition) is 0.